The van der Waals surface area contributed by atoms with Crippen molar-refractivity contribution < 1.29 is 9.21 Å². The van der Waals surface area contributed by atoms with Gasteiger partial charge in [0.2, 0.25) is 0 Å². The Kier molecular flexibility index (Phi) is 2.14. The summed E-state index contributed by atoms with van der Waals surface area (Å²) in [7, 11) is 0. The van der Waals surface area contributed by atoms with Crippen LogP contribution in [0.3, 0.4) is 0 Å². The number of benzene rings is 1. The van der Waals surface area contributed by atoms with Gasteiger partial charge in [0.1, 0.15) is 6.17 Å². The number of carbonyl (C=O) groups is 1. The fourth-order valence-electron chi connectivity index (χ4n) is 2.09. The molecule has 17 heavy (non-hydrogen) atoms. The van der Waals surface area contributed by atoms with Crippen molar-refractivity contribution in [3.63, 3.8) is 0 Å². The highest BCUT2D eigenvalue weighted by Gasteiger charge is 2.26. The second-order valence-electron chi connectivity index (χ2n) is 4.10. The Morgan fingerprint density at radius 1 is 1.24 bits per heavy atom. The molecule has 0 saturated heterocycles. The van der Waals surface area contributed by atoms with Crippen LogP contribution in [0.15, 0.2) is 41.2 Å². The third-order valence-electron chi connectivity index (χ3n) is 2.95. The van der Waals surface area contributed by atoms with E-state index >= 15 is 0 Å². The van der Waals surface area contributed by atoms with Crippen molar-refractivity contribution in [3.05, 3.63) is 53.5 Å². The smallest absolute Gasteiger partial charge is 0.255 e. The number of carbonyl (C=O) groups excluding carboxylic acids is 1. The maximum absolute atomic E-state index is 12.0. The molecule has 0 radical (unpaired) electrons. The monoisotopic (exact) mass is 228 g/mol. The van der Waals surface area contributed by atoms with Gasteiger partial charge in [-0.05, 0) is 24.6 Å². The molecule has 1 atom stereocenters. The first-order valence-corrected chi connectivity index (χ1v) is 5.45. The van der Waals surface area contributed by atoms with Crippen molar-refractivity contribution in [2.24, 2.45) is 0 Å². The van der Waals surface area contributed by atoms with E-state index in [1.54, 1.807) is 12.5 Å². The van der Waals surface area contributed by atoms with E-state index in [9.17, 15) is 4.79 Å². The van der Waals surface area contributed by atoms with E-state index in [0.717, 1.165) is 16.8 Å². The largest absolute Gasteiger partial charge is 0.472 e. The number of amides is 1. The van der Waals surface area contributed by atoms with Gasteiger partial charge in [-0.2, -0.15) is 0 Å². The van der Waals surface area contributed by atoms with Gasteiger partial charge in [0, 0.05) is 11.3 Å². The topological polar surface area (TPSA) is 54.3 Å². The Morgan fingerprint density at radius 2 is 2.12 bits per heavy atom. The molecule has 4 heteroatoms. The van der Waals surface area contributed by atoms with Gasteiger partial charge >= 0.3 is 0 Å². The number of nitrogens with one attached hydrogen (secondary N) is 2. The quantitative estimate of drug-likeness (QED) is 0.788. The highest BCUT2D eigenvalue weighted by atomic mass is 16.3. The normalized spacial score (nSPS) is 18.2. The summed E-state index contributed by atoms with van der Waals surface area (Å²) < 4.78 is 5.02. The zero-order valence-corrected chi connectivity index (χ0v) is 9.36. The molecule has 2 heterocycles. The number of furan rings is 1. The molecule has 0 fully saturated rings. The molecule has 1 aromatic heterocycles. The third-order valence-corrected chi connectivity index (χ3v) is 2.95. The van der Waals surface area contributed by atoms with Gasteiger partial charge in [-0.1, -0.05) is 12.1 Å². The first-order chi connectivity index (χ1) is 8.25. The summed E-state index contributed by atoms with van der Waals surface area (Å²) in [5.74, 6) is -0.0527. The molecule has 1 aliphatic rings. The minimum atomic E-state index is -0.226. The van der Waals surface area contributed by atoms with Gasteiger partial charge in [0.05, 0.1) is 18.1 Å². The lowest BCUT2D eigenvalue weighted by Crippen LogP contribution is -2.38. The maximum atomic E-state index is 12.0. The first kappa shape index (κ1) is 9.96. The number of rotatable bonds is 1. The minimum Gasteiger partial charge on any atom is -0.472 e. The Bertz CT molecular complexity index is 561. The first-order valence-electron chi connectivity index (χ1n) is 5.45. The van der Waals surface area contributed by atoms with Crippen LogP contribution in [-0.4, -0.2) is 5.91 Å². The maximum Gasteiger partial charge on any atom is 0.255 e. The molecule has 1 amide bonds. The lowest BCUT2D eigenvalue weighted by Gasteiger charge is -2.28. The average Bonchev–Trinajstić information content (AvgIpc) is 2.81. The molecule has 2 aromatic rings. The average molecular weight is 228 g/mol. The van der Waals surface area contributed by atoms with Crippen molar-refractivity contribution in [2.45, 2.75) is 13.1 Å². The molecular formula is C13H12N2O2. The van der Waals surface area contributed by atoms with Crippen molar-refractivity contribution in [1.82, 2.24) is 5.32 Å². The van der Waals surface area contributed by atoms with E-state index in [-0.39, 0.29) is 12.1 Å². The van der Waals surface area contributed by atoms with Crippen LogP contribution in [0.5, 0.6) is 0 Å². The molecule has 0 spiro atoms. The van der Waals surface area contributed by atoms with Crippen molar-refractivity contribution >= 4 is 11.6 Å². The summed E-state index contributed by atoms with van der Waals surface area (Å²) in [5, 5.41) is 6.18. The van der Waals surface area contributed by atoms with E-state index < -0.39 is 0 Å². The molecule has 86 valence electrons. The van der Waals surface area contributed by atoms with Gasteiger partial charge in [0.25, 0.3) is 5.91 Å². The number of hydrogen-bond donors (Lipinski definition) is 2. The Morgan fingerprint density at radius 3 is 2.88 bits per heavy atom. The fraction of sp³-hybridized carbons (Fsp3) is 0.154. The predicted molar refractivity (Wildman–Crippen MR) is 63.7 cm³/mol. The molecule has 0 aliphatic carbocycles. The second-order valence-corrected chi connectivity index (χ2v) is 4.10. The van der Waals surface area contributed by atoms with Crippen LogP contribution in [0.2, 0.25) is 0 Å². The third kappa shape index (κ3) is 1.58. The Balaban J connectivity index is 2.02. The van der Waals surface area contributed by atoms with Gasteiger partial charge in [0.15, 0.2) is 0 Å². The van der Waals surface area contributed by atoms with E-state index in [1.807, 2.05) is 31.2 Å². The number of aryl methyl sites for hydroxylation is 1. The van der Waals surface area contributed by atoms with Crippen LogP contribution in [-0.2, 0) is 0 Å². The molecule has 0 bridgehead atoms. The van der Waals surface area contributed by atoms with Crippen molar-refractivity contribution in [2.75, 3.05) is 5.32 Å². The van der Waals surface area contributed by atoms with Crippen LogP contribution < -0.4 is 10.6 Å². The summed E-state index contributed by atoms with van der Waals surface area (Å²) in [6.07, 6.45) is 2.99. The summed E-state index contributed by atoms with van der Waals surface area (Å²) in [6.45, 7) is 1.93. The fourth-order valence-corrected chi connectivity index (χ4v) is 2.09. The van der Waals surface area contributed by atoms with Gasteiger partial charge < -0.3 is 15.1 Å². The van der Waals surface area contributed by atoms with Crippen molar-refractivity contribution in [1.29, 1.82) is 0 Å². The van der Waals surface area contributed by atoms with Gasteiger partial charge in [-0.15, -0.1) is 0 Å². The summed E-state index contributed by atoms with van der Waals surface area (Å²) in [4.78, 5) is 12.0. The van der Waals surface area contributed by atoms with E-state index in [2.05, 4.69) is 10.6 Å². The van der Waals surface area contributed by atoms with Gasteiger partial charge in [-0.25, -0.2) is 0 Å². The van der Waals surface area contributed by atoms with Crippen molar-refractivity contribution in [3.8, 4) is 0 Å². The highest BCUT2D eigenvalue weighted by Crippen LogP contribution is 2.28. The molecule has 4 nitrogen and oxygen atoms in total. The minimum absolute atomic E-state index is 0.0527. The zero-order chi connectivity index (χ0) is 11.8. The van der Waals surface area contributed by atoms with Crippen LogP contribution in [0, 0.1) is 6.92 Å². The standard InChI is InChI=1S/C13H12N2O2/c1-8-3-2-4-10-11(8)13(16)15-12(14-10)9-5-6-17-7-9/h2-7,12,14H,1H3,(H,15,16). The Hall–Kier alpha value is -2.23. The van der Waals surface area contributed by atoms with Crippen LogP contribution in [0.25, 0.3) is 0 Å². The van der Waals surface area contributed by atoms with E-state index in [1.165, 1.54) is 0 Å². The lowest BCUT2D eigenvalue weighted by molar-refractivity contribution is 0.0935. The highest BCUT2D eigenvalue weighted by molar-refractivity contribution is 6.03. The molecule has 0 saturated carbocycles. The van der Waals surface area contributed by atoms with Gasteiger partial charge in [-0.3, -0.25) is 4.79 Å². The lowest BCUT2D eigenvalue weighted by atomic mass is 10.0. The van der Waals surface area contributed by atoms with Crippen LogP contribution >= 0.6 is 0 Å². The van der Waals surface area contributed by atoms with E-state index in [0.29, 0.717) is 5.56 Å². The predicted octanol–water partition coefficient (Wildman–Crippen LogP) is 2.44. The Labute approximate surface area is 98.6 Å². The zero-order valence-electron chi connectivity index (χ0n) is 9.36. The SMILES string of the molecule is Cc1cccc2c1C(=O)NC(c1ccoc1)N2. The number of hydrogen-bond acceptors (Lipinski definition) is 3. The molecule has 1 aliphatic heterocycles. The number of fused-ring (bicyclic) bond motifs is 1. The van der Waals surface area contributed by atoms with Crippen LogP contribution in [0.1, 0.15) is 27.7 Å². The summed E-state index contributed by atoms with van der Waals surface area (Å²) >= 11 is 0. The summed E-state index contributed by atoms with van der Waals surface area (Å²) in [6, 6.07) is 7.61. The molecule has 3 rings (SSSR count). The van der Waals surface area contributed by atoms with E-state index in [4.69, 9.17) is 4.42 Å². The van der Waals surface area contributed by atoms with Crippen LogP contribution in [0.4, 0.5) is 5.69 Å². The molecule has 1 aromatic carbocycles. The molecular weight excluding hydrogens is 216 g/mol. The molecule has 2 N–H and O–H groups in total. The second kappa shape index (κ2) is 3.66. The summed E-state index contributed by atoms with van der Waals surface area (Å²) in [5.41, 5.74) is 3.45. The number of anilines is 1. The molecule has 1 unspecified atom stereocenters.